The van der Waals surface area contributed by atoms with Crippen molar-refractivity contribution in [1.82, 2.24) is 10.6 Å². The summed E-state index contributed by atoms with van der Waals surface area (Å²) in [6.07, 6.45) is 9.28. The molecule has 0 bridgehead atoms. The molecule has 2 heterocycles. The van der Waals surface area contributed by atoms with Gasteiger partial charge in [0, 0.05) is 23.7 Å². The SMILES string of the molecule is Clc1ccc(C[C@]2(C3CCCN3)C=CNC=N2)cc1. The lowest BCUT2D eigenvalue weighted by Crippen LogP contribution is -2.48. The van der Waals surface area contributed by atoms with Crippen LogP contribution in [0.25, 0.3) is 0 Å². The summed E-state index contributed by atoms with van der Waals surface area (Å²) in [4.78, 5) is 4.74. The Morgan fingerprint density at radius 1 is 1.32 bits per heavy atom. The fourth-order valence-corrected chi connectivity index (χ4v) is 3.04. The van der Waals surface area contributed by atoms with E-state index in [0.29, 0.717) is 6.04 Å². The van der Waals surface area contributed by atoms with E-state index in [0.717, 1.165) is 18.0 Å². The van der Waals surface area contributed by atoms with Gasteiger partial charge in [-0.05, 0) is 43.2 Å². The van der Waals surface area contributed by atoms with E-state index in [-0.39, 0.29) is 5.54 Å². The van der Waals surface area contributed by atoms with Crippen LogP contribution in [-0.4, -0.2) is 24.5 Å². The first-order valence-corrected chi connectivity index (χ1v) is 7.12. The lowest BCUT2D eigenvalue weighted by Gasteiger charge is -2.34. The van der Waals surface area contributed by atoms with Crippen molar-refractivity contribution in [3.63, 3.8) is 0 Å². The monoisotopic (exact) mass is 275 g/mol. The summed E-state index contributed by atoms with van der Waals surface area (Å²) >= 11 is 5.95. The van der Waals surface area contributed by atoms with Gasteiger partial charge in [0.15, 0.2) is 0 Å². The van der Waals surface area contributed by atoms with Crippen LogP contribution in [0.4, 0.5) is 0 Å². The predicted molar refractivity (Wildman–Crippen MR) is 79.7 cm³/mol. The van der Waals surface area contributed by atoms with Crippen molar-refractivity contribution in [3.05, 3.63) is 47.1 Å². The summed E-state index contributed by atoms with van der Waals surface area (Å²) in [6, 6.07) is 8.48. The third-order valence-electron chi connectivity index (χ3n) is 3.91. The van der Waals surface area contributed by atoms with Crippen LogP contribution < -0.4 is 10.6 Å². The predicted octanol–water partition coefficient (Wildman–Crippen LogP) is 2.52. The average molecular weight is 276 g/mol. The van der Waals surface area contributed by atoms with Gasteiger partial charge in [-0.2, -0.15) is 0 Å². The van der Waals surface area contributed by atoms with Crippen molar-refractivity contribution in [2.24, 2.45) is 4.99 Å². The fraction of sp³-hybridized carbons (Fsp3) is 0.400. The second kappa shape index (κ2) is 5.35. The molecule has 0 saturated carbocycles. The van der Waals surface area contributed by atoms with Gasteiger partial charge in [0.2, 0.25) is 0 Å². The molecule has 1 fully saturated rings. The highest BCUT2D eigenvalue weighted by atomic mass is 35.5. The van der Waals surface area contributed by atoms with Crippen LogP contribution in [0, 0.1) is 0 Å². The van der Waals surface area contributed by atoms with E-state index in [1.165, 1.54) is 18.4 Å². The van der Waals surface area contributed by atoms with Gasteiger partial charge in [-0.15, -0.1) is 0 Å². The minimum Gasteiger partial charge on any atom is -0.353 e. The van der Waals surface area contributed by atoms with Gasteiger partial charge in [-0.25, -0.2) is 0 Å². The average Bonchev–Trinajstić information content (AvgIpc) is 2.97. The standard InChI is InChI=1S/C15H18ClN3/c16-13-5-3-12(4-6-13)10-15(7-9-17-11-19-15)14-2-1-8-18-14/h3-7,9,11,14,18H,1-2,8,10H2,(H,17,19)/t14?,15-/m0/s1. The van der Waals surface area contributed by atoms with Crippen LogP contribution in [0.3, 0.4) is 0 Å². The maximum atomic E-state index is 5.95. The molecule has 0 spiro atoms. The van der Waals surface area contributed by atoms with E-state index in [1.54, 1.807) is 6.34 Å². The summed E-state index contributed by atoms with van der Waals surface area (Å²) in [5, 5.41) is 7.40. The molecule has 19 heavy (non-hydrogen) atoms. The Kier molecular flexibility index (Phi) is 3.58. The zero-order valence-electron chi connectivity index (χ0n) is 10.8. The molecule has 3 nitrogen and oxygen atoms in total. The molecule has 1 aromatic rings. The molecule has 0 amide bonds. The van der Waals surface area contributed by atoms with Crippen LogP contribution >= 0.6 is 11.6 Å². The Morgan fingerprint density at radius 2 is 2.16 bits per heavy atom. The zero-order chi connectivity index (χ0) is 13.1. The number of hydrogen-bond acceptors (Lipinski definition) is 3. The number of rotatable bonds is 3. The molecule has 0 aromatic heterocycles. The summed E-state index contributed by atoms with van der Waals surface area (Å²) < 4.78 is 0. The van der Waals surface area contributed by atoms with E-state index < -0.39 is 0 Å². The maximum Gasteiger partial charge on any atom is 0.101 e. The van der Waals surface area contributed by atoms with E-state index in [9.17, 15) is 0 Å². The molecular formula is C15H18ClN3. The molecule has 3 rings (SSSR count). The molecular weight excluding hydrogens is 258 g/mol. The third kappa shape index (κ3) is 2.67. The van der Waals surface area contributed by atoms with Gasteiger partial charge in [0.05, 0.1) is 6.34 Å². The molecule has 1 aromatic carbocycles. The van der Waals surface area contributed by atoms with Gasteiger partial charge in [0.25, 0.3) is 0 Å². The van der Waals surface area contributed by atoms with E-state index >= 15 is 0 Å². The zero-order valence-corrected chi connectivity index (χ0v) is 11.5. The van der Waals surface area contributed by atoms with E-state index in [4.69, 9.17) is 16.6 Å². The van der Waals surface area contributed by atoms with Crippen molar-refractivity contribution in [2.45, 2.75) is 30.8 Å². The summed E-state index contributed by atoms with van der Waals surface area (Å²) in [6.45, 7) is 1.09. The molecule has 0 aliphatic carbocycles. The first kappa shape index (κ1) is 12.7. The molecule has 2 aliphatic rings. The molecule has 2 atom stereocenters. The highest BCUT2D eigenvalue weighted by molar-refractivity contribution is 6.30. The Balaban J connectivity index is 1.87. The van der Waals surface area contributed by atoms with Gasteiger partial charge >= 0.3 is 0 Å². The lowest BCUT2D eigenvalue weighted by molar-refractivity contribution is 0.385. The second-order valence-corrected chi connectivity index (χ2v) is 5.64. The number of benzene rings is 1. The fourth-order valence-electron chi connectivity index (χ4n) is 2.91. The van der Waals surface area contributed by atoms with E-state index in [2.05, 4.69) is 28.8 Å². The Labute approximate surface area is 118 Å². The molecule has 1 unspecified atom stereocenters. The molecule has 100 valence electrons. The second-order valence-electron chi connectivity index (χ2n) is 5.20. The number of aliphatic imine (C=N–C) groups is 1. The van der Waals surface area contributed by atoms with Crippen LogP contribution in [0.5, 0.6) is 0 Å². The quantitative estimate of drug-likeness (QED) is 0.889. The Morgan fingerprint density at radius 3 is 2.79 bits per heavy atom. The normalized spacial score (nSPS) is 29.4. The highest BCUT2D eigenvalue weighted by Crippen LogP contribution is 2.30. The minimum absolute atomic E-state index is 0.171. The van der Waals surface area contributed by atoms with Crippen molar-refractivity contribution in [3.8, 4) is 0 Å². The smallest absolute Gasteiger partial charge is 0.101 e. The topological polar surface area (TPSA) is 36.4 Å². The number of halogens is 1. The first-order chi connectivity index (χ1) is 9.28. The number of hydrogen-bond donors (Lipinski definition) is 2. The third-order valence-corrected chi connectivity index (χ3v) is 4.16. The number of nitrogens with zero attached hydrogens (tertiary/aromatic N) is 1. The molecule has 1 saturated heterocycles. The van der Waals surface area contributed by atoms with Crippen LogP contribution in [0.15, 0.2) is 41.5 Å². The minimum atomic E-state index is -0.171. The van der Waals surface area contributed by atoms with Gasteiger partial charge < -0.3 is 10.6 Å². The van der Waals surface area contributed by atoms with Gasteiger partial charge in [-0.1, -0.05) is 23.7 Å². The van der Waals surface area contributed by atoms with Crippen LogP contribution in [0.1, 0.15) is 18.4 Å². The van der Waals surface area contributed by atoms with Crippen LogP contribution in [-0.2, 0) is 6.42 Å². The summed E-state index contributed by atoms with van der Waals surface area (Å²) in [5.74, 6) is 0. The number of nitrogens with one attached hydrogen (secondary N) is 2. The van der Waals surface area contributed by atoms with Crippen molar-refractivity contribution in [1.29, 1.82) is 0 Å². The molecule has 0 radical (unpaired) electrons. The van der Waals surface area contributed by atoms with Gasteiger partial charge in [-0.3, -0.25) is 4.99 Å². The lowest BCUT2D eigenvalue weighted by atomic mass is 9.83. The first-order valence-electron chi connectivity index (χ1n) is 6.74. The van der Waals surface area contributed by atoms with Crippen molar-refractivity contribution in [2.75, 3.05) is 6.54 Å². The van der Waals surface area contributed by atoms with Crippen molar-refractivity contribution < 1.29 is 0 Å². The van der Waals surface area contributed by atoms with Crippen LogP contribution in [0.2, 0.25) is 5.02 Å². The Bertz CT molecular complexity index is 475. The van der Waals surface area contributed by atoms with Crippen molar-refractivity contribution >= 4 is 17.9 Å². The van der Waals surface area contributed by atoms with Gasteiger partial charge in [0.1, 0.15) is 5.54 Å². The largest absolute Gasteiger partial charge is 0.353 e. The van der Waals surface area contributed by atoms with E-state index in [1.807, 2.05) is 18.3 Å². The summed E-state index contributed by atoms with van der Waals surface area (Å²) in [5.41, 5.74) is 1.09. The molecule has 2 aliphatic heterocycles. The molecule has 4 heteroatoms. The summed E-state index contributed by atoms with van der Waals surface area (Å²) in [7, 11) is 0. The molecule has 2 N–H and O–H groups in total. The highest BCUT2D eigenvalue weighted by Gasteiger charge is 2.38. The Hall–Kier alpha value is -1.32. The maximum absolute atomic E-state index is 5.95.